The molecule has 0 spiro atoms. The Morgan fingerprint density at radius 3 is 2.83 bits per heavy atom. The molecule has 1 fully saturated rings. The smallest absolute Gasteiger partial charge is 0.158 e. The number of fused-ring (bicyclic) bond motifs is 1. The molecular formula is C14H17N3O. The fourth-order valence-electron chi connectivity index (χ4n) is 2.91. The van der Waals surface area contributed by atoms with Gasteiger partial charge in [-0.2, -0.15) is 5.26 Å². The van der Waals surface area contributed by atoms with Gasteiger partial charge in [0.2, 0.25) is 0 Å². The fraction of sp³-hybridized carbons (Fsp3) is 0.500. The molecule has 1 atom stereocenters. The zero-order chi connectivity index (χ0) is 12.4. The highest BCUT2D eigenvalue weighted by atomic mass is 16.5. The summed E-state index contributed by atoms with van der Waals surface area (Å²) in [5.41, 5.74) is 1.67. The van der Waals surface area contributed by atoms with E-state index in [1.807, 2.05) is 12.1 Å². The van der Waals surface area contributed by atoms with Crippen molar-refractivity contribution >= 4 is 0 Å². The number of rotatable bonds is 1. The van der Waals surface area contributed by atoms with Crippen LogP contribution in [0, 0.1) is 11.3 Å². The van der Waals surface area contributed by atoms with Crippen LogP contribution in [0.2, 0.25) is 0 Å². The molecule has 1 aromatic rings. The maximum Gasteiger partial charge on any atom is 0.158 e. The van der Waals surface area contributed by atoms with Gasteiger partial charge in [-0.05, 0) is 11.1 Å². The van der Waals surface area contributed by atoms with Crippen molar-refractivity contribution in [3.8, 4) is 6.07 Å². The van der Waals surface area contributed by atoms with Crippen molar-refractivity contribution < 1.29 is 4.74 Å². The van der Waals surface area contributed by atoms with E-state index in [1.54, 1.807) is 0 Å². The Balaban J connectivity index is 2.04. The van der Waals surface area contributed by atoms with Crippen LogP contribution in [0.5, 0.6) is 0 Å². The molecular weight excluding hydrogens is 226 g/mol. The van der Waals surface area contributed by atoms with Gasteiger partial charge in [0.15, 0.2) is 5.54 Å². The Morgan fingerprint density at radius 2 is 2.06 bits per heavy atom. The topological polar surface area (TPSA) is 48.3 Å². The van der Waals surface area contributed by atoms with Gasteiger partial charge in [-0.15, -0.1) is 0 Å². The number of nitrogens with zero attached hydrogens (tertiary/aromatic N) is 2. The van der Waals surface area contributed by atoms with E-state index in [1.165, 1.54) is 0 Å². The normalized spacial score (nSPS) is 28.4. The molecule has 1 N–H and O–H groups in total. The first kappa shape index (κ1) is 11.7. The van der Waals surface area contributed by atoms with Crippen LogP contribution in [0.1, 0.15) is 11.1 Å². The molecule has 0 radical (unpaired) electrons. The highest BCUT2D eigenvalue weighted by molar-refractivity contribution is 5.40. The first-order valence-corrected chi connectivity index (χ1v) is 6.40. The highest BCUT2D eigenvalue weighted by Gasteiger charge is 2.43. The summed E-state index contributed by atoms with van der Waals surface area (Å²) >= 11 is 0. The summed E-state index contributed by atoms with van der Waals surface area (Å²) in [5, 5.41) is 13.1. The molecule has 0 amide bonds. The molecule has 1 saturated heterocycles. The molecule has 0 aliphatic carbocycles. The molecule has 1 unspecified atom stereocenters. The van der Waals surface area contributed by atoms with Crippen LogP contribution in [0.3, 0.4) is 0 Å². The number of piperazine rings is 1. The molecule has 0 aromatic heterocycles. The molecule has 3 rings (SSSR count). The minimum atomic E-state index is -0.600. The van der Waals surface area contributed by atoms with E-state index < -0.39 is 5.54 Å². The third-order valence-corrected chi connectivity index (χ3v) is 3.87. The highest BCUT2D eigenvalue weighted by Crippen LogP contribution is 2.35. The van der Waals surface area contributed by atoms with Crippen LogP contribution >= 0.6 is 0 Å². The van der Waals surface area contributed by atoms with Crippen molar-refractivity contribution in [2.75, 3.05) is 32.8 Å². The summed E-state index contributed by atoms with van der Waals surface area (Å²) in [5.74, 6) is 0. The van der Waals surface area contributed by atoms with Crippen molar-refractivity contribution in [2.24, 2.45) is 0 Å². The number of nitrogens with one attached hydrogen (secondary N) is 1. The first-order chi connectivity index (χ1) is 8.87. The van der Waals surface area contributed by atoms with Crippen LogP contribution in [-0.4, -0.2) is 37.7 Å². The molecule has 94 valence electrons. The second kappa shape index (κ2) is 4.69. The summed E-state index contributed by atoms with van der Waals surface area (Å²) in [6.07, 6.45) is 0. The Labute approximate surface area is 107 Å². The van der Waals surface area contributed by atoms with Crippen molar-refractivity contribution in [2.45, 2.75) is 12.1 Å². The van der Waals surface area contributed by atoms with Gasteiger partial charge in [-0.1, -0.05) is 24.3 Å². The lowest BCUT2D eigenvalue weighted by molar-refractivity contribution is -0.00985. The Bertz CT molecular complexity index is 476. The van der Waals surface area contributed by atoms with Crippen molar-refractivity contribution in [3.63, 3.8) is 0 Å². The van der Waals surface area contributed by atoms with Gasteiger partial charge in [0.05, 0.1) is 19.3 Å². The number of nitriles is 1. The third-order valence-electron chi connectivity index (χ3n) is 3.87. The van der Waals surface area contributed by atoms with Gasteiger partial charge in [0.25, 0.3) is 0 Å². The lowest BCUT2D eigenvalue weighted by atomic mass is 9.84. The van der Waals surface area contributed by atoms with Gasteiger partial charge < -0.3 is 10.1 Å². The summed E-state index contributed by atoms with van der Waals surface area (Å²) < 4.78 is 5.67. The lowest BCUT2D eigenvalue weighted by Gasteiger charge is -2.44. The summed E-state index contributed by atoms with van der Waals surface area (Å²) in [6.45, 7) is 4.75. The quantitative estimate of drug-likeness (QED) is 0.794. The van der Waals surface area contributed by atoms with Gasteiger partial charge >= 0.3 is 0 Å². The average Bonchev–Trinajstić information content (AvgIpc) is 2.47. The molecule has 1 aromatic carbocycles. The summed E-state index contributed by atoms with van der Waals surface area (Å²) in [7, 11) is 0. The van der Waals surface area contributed by atoms with Crippen LogP contribution in [0.4, 0.5) is 0 Å². The second-order valence-electron chi connectivity index (χ2n) is 4.86. The van der Waals surface area contributed by atoms with E-state index in [4.69, 9.17) is 4.74 Å². The van der Waals surface area contributed by atoms with Gasteiger partial charge in [-0.3, -0.25) is 4.90 Å². The third kappa shape index (κ3) is 1.72. The van der Waals surface area contributed by atoms with Gasteiger partial charge in [0.1, 0.15) is 0 Å². The maximum atomic E-state index is 9.75. The van der Waals surface area contributed by atoms with Gasteiger partial charge in [-0.25, -0.2) is 0 Å². The first-order valence-electron chi connectivity index (χ1n) is 6.40. The zero-order valence-corrected chi connectivity index (χ0v) is 10.4. The van der Waals surface area contributed by atoms with E-state index >= 15 is 0 Å². The molecule has 2 heterocycles. The van der Waals surface area contributed by atoms with E-state index in [0.717, 1.165) is 37.3 Å². The Hall–Kier alpha value is -1.41. The van der Waals surface area contributed by atoms with Crippen LogP contribution in [0.15, 0.2) is 24.3 Å². The number of ether oxygens (including phenoxy) is 1. The van der Waals surface area contributed by atoms with E-state index in [9.17, 15) is 5.26 Å². The second-order valence-corrected chi connectivity index (χ2v) is 4.86. The van der Waals surface area contributed by atoms with E-state index in [-0.39, 0.29) is 0 Å². The minimum Gasteiger partial charge on any atom is -0.373 e. The Kier molecular flexibility index (Phi) is 3.04. The number of benzene rings is 1. The van der Waals surface area contributed by atoms with Crippen LogP contribution < -0.4 is 5.32 Å². The van der Waals surface area contributed by atoms with Crippen molar-refractivity contribution in [3.05, 3.63) is 35.4 Å². The minimum absolute atomic E-state index is 0.473. The number of hydrogen-bond donors (Lipinski definition) is 1. The van der Waals surface area contributed by atoms with Crippen molar-refractivity contribution in [1.82, 2.24) is 10.2 Å². The molecule has 4 nitrogen and oxygen atoms in total. The molecule has 2 aliphatic heterocycles. The summed E-state index contributed by atoms with van der Waals surface area (Å²) in [6, 6.07) is 10.7. The molecule has 0 saturated carbocycles. The predicted octanol–water partition coefficient (Wildman–Crippen LogP) is 0.841. The summed E-state index contributed by atoms with van der Waals surface area (Å²) in [4.78, 5) is 2.25. The van der Waals surface area contributed by atoms with Crippen molar-refractivity contribution in [1.29, 1.82) is 5.26 Å². The average molecular weight is 243 g/mol. The van der Waals surface area contributed by atoms with Gasteiger partial charge in [0, 0.05) is 26.2 Å². The van der Waals surface area contributed by atoms with Crippen LogP contribution in [-0.2, 0) is 16.9 Å². The zero-order valence-electron chi connectivity index (χ0n) is 10.4. The van der Waals surface area contributed by atoms with E-state index in [2.05, 4.69) is 28.4 Å². The standard InChI is InChI=1S/C14H17N3O/c15-10-14(17-7-5-16-6-8-17)11-18-9-12-3-1-2-4-13(12)14/h1-4,16H,5-9,11H2. The molecule has 2 aliphatic rings. The molecule has 18 heavy (non-hydrogen) atoms. The largest absolute Gasteiger partial charge is 0.373 e. The fourth-order valence-corrected chi connectivity index (χ4v) is 2.91. The molecule has 0 bridgehead atoms. The van der Waals surface area contributed by atoms with Crippen LogP contribution in [0.25, 0.3) is 0 Å². The maximum absolute atomic E-state index is 9.75. The molecule has 4 heteroatoms. The van der Waals surface area contributed by atoms with E-state index in [0.29, 0.717) is 13.2 Å². The number of hydrogen-bond acceptors (Lipinski definition) is 4. The SMILES string of the molecule is N#CC1(N2CCNCC2)COCc2ccccc21. The Morgan fingerprint density at radius 1 is 1.28 bits per heavy atom. The predicted molar refractivity (Wildman–Crippen MR) is 67.8 cm³/mol. The lowest BCUT2D eigenvalue weighted by Crippen LogP contribution is -2.57. The monoisotopic (exact) mass is 243 g/mol.